The molecule has 31 heavy (non-hydrogen) atoms. The maximum absolute atomic E-state index is 12.8. The fraction of sp³-hybridized carbons (Fsp3) is 0.708. The molecule has 4 saturated carbocycles. The van der Waals surface area contributed by atoms with Gasteiger partial charge >= 0.3 is 13.1 Å². The molecule has 4 aliphatic carbocycles. The third-order valence-corrected chi connectivity index (χ3v) is 9.88. The third-order valence-electron chi connectivity index (χ3n) is 9.88. The monoisotopic (exact) mass is 424 g/mol. The van der Waals surface area contributed by atoms with Crippen LogP contribution in [0.4, 0.5) is 0 Å². The SMILES string of the molecule is COc1ccc(C2(CB3OC45CC6CC(C64C)[C@]5(C)O3)CC2)c2c1C(=O)OC(C)(C)O2. The van der Waals surface area contributed by atoms with E-state index in [1.807, 2.05) is 12.1 Å². The van der Waals surface area contributed by atoms with Crippen LogP contribution in [0.2, 0.25) is 6.32 Å². The fourth-order valence-electron chi connectivity index (χ4n) is 8.10. The van der Waals surface area contributed by atoms with E-state index in [2.05, 4.69) is 13.8 Å². The zero-order valence-electron chi connectivity index (χ0n) is 18.9. The van der Waals surface area contributed by atoms with Crippen molar-refractivity contribution >= 4 is 13.1 Å². The van der Waals surface area contributed by atoms with Crippen molar-refractivity contribution in [2.45, 2.75) is 82.1 Å². The third kappa shape index (κ3) is 1.87. The van der Waals surface area contributed by atoms with E-state index >= 15 is 0 Å². The van der Waals surface area contributed by atoms with Crippen LogP contribution in [-0.2, 0) is 19.5 Å². The number of carbonyl (C=O) groups excluding carboxylic acids is 1. The molecule has 2 heterocycles. The number of cyclic esters (lactones) is 1. The van der Waals surface area contributed by atoms with Gasteiger partial charge in [-0.1, -0.05) is 13.0 Å². The van der Waals surface area contributed by atoms with Crippen LogP contribution in [0.1, 0.15) is 69.3 Å². The number of hydrogen-bond donors (Lipinski definition) is 0. The minimum Gasteiger partial charge on any atom is -0.496 e. The summed E-state index contributed by atoms with van der Waals surface area (Å²) in [6.45, 7) is 8.20. The summed E-state index contributed by atoms with van der Waals surface area (Å²) in [7, 11) is 1.35. The summed E-state index contributed by atoms with van der Waals surface area (Å²) in [6.07, 6.45) is 5.27. The van der Waals surface area contributed by atoms with Gasteiger partial charge in [-0.2, -0.15) is 0 Å². The molecule has 0 bridgehead atoms. The van der Waals surface area contributed by atoms with Gasteiger partial charge in [0.25, 0.3) is 0 Å². The van der Waals surface area contributed by atoms with Crippen LogP contribution in [0.5, 0.6) is 11.5 Å². The molecule has 164 valence electrons. The summed E-state index contributed by atoms with van der Waals surface area (Å²) in [5, 5.41) is 0. The Labute approximate surface area is 183 Å². The first-order valence-electron chi connectivity index (χ1n) is 11.6. The Kier molecular flexibility index (Phi) is 3.09. The number of esters is 1. The Morgan fingerprint density at radius 2 is 1.90 bits per heavy atom. The summed E-state index contributed by atoms with van der Waals surface area (Å²) < 4.78 is 30.5. The van der Waals surface area contributed by atoms with Crippen LogP contribution in [0, 0.1) is 17.3 Å². The first-order valence-corrected chi connectivity index (χ1v) is 11.6. The van der Waals surface area contributed by atoms with Crippen molar-refractivity contribution in [1.82, 2.24) is 0 Å². The highest BCUT2D eigenvalue weighted by molar-refractivity contribution is 6.46. The van der Waals surface area contributed by atoms with Crippen molar-refractivity contribution in [3.05, 3.63) is 23.3 Å². The van der Waals surface area contributed by atoms with Crippen molar-refractivity contribution in [2.75, 3.05) is 7.11 Å². The van der Waals surface area contributed by atoms with E-state index in [1.54, 1.807) is 21.0 Å². The minimum atomic E-state index is -1.01. The lowest BCUT2D eigenvalue weighted by atomic mass is 9.21. The highest BCUT2D eigenvalue weighted by Gasteiger charge is 2.93. The Morgan fingerprint density at radius 1 is 1.13 bits per heavy atom. The highest BCUT2D eigenvalue weighted by Crippen LogP contribution is 2.88. The molecule has 2 aliphatic heterocycles. The molecule has 7 heteroatoms. The normalized spacial score (nSPS) is 43.8. The van der Waals surface area contributed by atoms with E-state index in [1.165, 1.54) is 6.42 Å². The Balaban J connectivity index is 1.23. The van der Waals surface area contributed by atoms with E-state index in [0.29, 0.717) is 28.4 Å². The van der Waals surface area contributed by atoms with Crippen LogP contribution in [0.25, 0.3) is 0 Å². The molecule has 6 aliphatic rings. The quantitative estimate of drug-likeness (QED) is 0.536. The Bertz CT molecular complexity index is 1050. The van der Waals surface area contributed by atoms with Crippen LogP contribution in [-0.4, -0.2) is 37.2 Å². The lowest BCUT2D eigenvalue weighted by Crippen LogP contribution is -2.92. The molecule has 7 rings (SSSR count). The summed E-state index contributed by atoms with van der Waals surface area (Å²) >= 11 is 0. The second-order valence-electron chi connectivity index (χ2n) is 11.5. The van der Waals surface area contributed by atoms with Gasteiger partial charge in [-0.25, -0.2) is 4.79 Å². The second-order valence-corrected chi connectivity index (χ2v) is 11.5. The number of carbonyl (C=O) groups is 1. The van der Waals surface area contributed by atoms with Gasteiger partial charge < -0.3 is 23.5 Å². The van der Waals surface area contributed by atoms with E-state index in [-0.39, 0.29) is 23.7 Å². The van der Waals surface area contributed by atoms with Crippen molar-refractivity contribution in [1.29, 1.82) is 0 Å². The maximum atomic E-state index is 12.8. The Morgan fingerprint density at radius 3 is 2.52 bits per heavy atom. The number of benzene rings is 1. The van der Waals surface area contributed by atoms with Crippen molar-refractivity contribution in [3.63, 3.8) is 0 Å². The molecular formula is C24H29BO6. The molecular weight excluding hydrogens is 395 g/mol. The molecule has 1 saturated heterocycles. The average Bonchev–Trinajstić information content (AvgIpc) is 3.40. The zero-order chi connectivity index (χ0) is 21.6. The Hall–Kier alpha value is -1.73. The minimum absolute atomic E-state index is 0.0873. The first kappa shape index (κ1) is 18.8. The molecule has 0 amide bonds. The van der Waals surface area contributed by atoms with Crippen LogP contribution in [0.15, 0.2) is 12.1 Å². The number of rotatable bonds is 4. The average molecular weight is 424 g/mol. The predicted octanol–water partition coefficient (Wildman–Crippen LogP) is 4.10. The van der Waals surface area contributed by atoms with Gasteiger partial charge in [-0.15, -0.1) is 0 Å². The van der Waals surface area contributed by atoms with Crippen molar-refractivity contribution in [2.24, 2.45) is 17.3 Å². The summed E-state index contributed by atoms with van der Waals surface area (Å²) in [6, 6.07) is 3.91. The van der Waals surface area contributed by atoms with Gasteiger partial charge in [0.15, 0.2) is 0 Å². The van der Waals surface area contributed by atoms with Gasteiger partial charge in [0.05, 0.1) is 18.3 Å². The molecule has 1 spiro atoms. The number of hydrogen-bond acceptors (Lipinski definition) is 6. The lowest BCUT2D eigenvalue weighted by molar-refractivity contribution is -0.429. The molecule has 1 aromatic rings. The molecule has 1 aromatic carbocycles. The van der Waals surface area contributed by atoms with E-state index < -0.39 is 11.8 Å². The van der Waals surface area contributed by atoms with Gasteiger partial charge in [-0.3, -0.25) is 0 Å². The summed E-state index contributed by atoms with van der Waals surface area (Å²) in [4.78, 5) is 12.8. The van der Waals surface area contributed by atoms with Crippen LogP contribution < -0.4 is 9.47 Å². The highest BCUT2D eigenvalue weighted by atomic mass is 16.7. The second kappa shape index (κ2) is 5.09. The van der Waals surface area contributed by atoms with Gasteiger partial charge in [0.2, 0.25) is 5.79 Å². The van der Waals surface area contributed by atoms with E-state index in [0.717, 1.165) is 37.1 Å². The maximum Gasteiger partial charge on any atom is 0.458 e. The molecule has 0 N–H and O–H groups in total. The predicted molar refractivity (Wildman–Crippen MR) is 112 cm³/mol. The van der Waals surface area contributed by atoms with Crippen LogP contribution >= 0.6 is 0 Å². The van der Waals surface area contributed by atoms with Crippen molar-refractivity contribution < 1.29 is 28.3 Å². The molecule has 6 nitrogen and oxygen atoms in total. The molecule has 0 radical (unpaired) electrons. The topological polar surface area (TPSA) is 63.2 Å². The van der Waals surface area contributed by atoms with E-state index in [9.17, 15) is 4.79 Å². The zero-order valence-corrected chi connectivity index (χ0v) is 18.9. The van der Waals surface area contributed by atoms with Gasteiger partial charge in [0, 0.05) is 24.8 Å². The standard InChI is InChI=1S/C24H29BO6/c1-20(2)28-18-14(6-7-15(27-5)17(18)19(26)29-20)23(8-9-23)12-25-30-22(4)16-10-13-11-24(22,31-25)21(13,16)3/h6-7,13,16H,8-12H2,1-5H3/t13?,16?,21?,22-,24?/m0/s1. The number of fused-ring (bicyclic) bond motifs is 2. The molecule has 0 aromatic heterocycles. The van der Waals surface area contributed by atoms with Crippen LogP contribution in [0.3, 0.4) is 0 Å². The molecule has 4 unspecified atom stereocenters. The first-order chi connectivity index (χ1) is 14.6. The fourth-order valence-corrected chi connectivity index (χ4v) is 8.10. The van der Waals surface area contributed by atoms with Gasteiger partial charge in [0.1, 0.15) is 17.1 Å². The smallest absolute Gasteiger partial charge is 0.458 e. The summed E-state index contributed by atoms with van der Waals surface area (Å²) in [5.41, 5.74) is 1.42. The number of ether oxygens (including phenoxy) is 3. The largest absolute Gasteiger partial charge is 0.496 e. The number of methoxy groups -OCH3 is 1. The van der Waals surface area contributed by atoms with Crippen molar-refractivity contribution in [3.8, 4) is 11.5 Å². The summed E-state index contributed by atoms with van der Waals surface area (Å²) in [5.74, 6) is 1.12. The molecule has 5 atom stereocenters. The molecule has 5 fully saturated rings. The van der Waals surface area contributed by atoms with E-state index in [4.69, 9.17) is 23.5 Å². The lowest BCUT2D eigenvalue weighted by Gasteiger charge is -2.87. The van der Waals surface area contributed by atoms with Gasteiger partial charge in [-0.05, 0) is 62.2 Å².